The Bertz CT molecular complexity index is 2700. The monoisotopic (exact) mass is 1470 g/mol. The van der Waals surface area contributed by atoms with Crippen LogP contribution in [0.4, 0.5) is 8.63 Å². The van der Waals surface area contributed by atoms with Gasteiger partial charge in [-0.3, -0.25) is 8.63 Å². The van der Waals surface area contributed by atoms with Crippen molar-refractivity contribution < 1.29 is 68.4 Å². The van der Waals surface area contributed by atoms with Crippen LogP contribution in [0.15, 0.2) is 48.5 Å². The van der Waals surface area contributed by atoms with Gasteiger partial charge < -0.3 is 82.7 Å². The summed E-state index contributed by atoms with van der Waals surface area (Å²) in [5.41, 5.74) is 52.2. The van der Waals surface area contributed by atoms with Crippen LogP contribution in [0.2, 0.25) is 0 Å². The van der Waals surface area contributed by atoms with Crippen LogP contribution in [0, 0.1) is 27.7 Å². The second-order valence-corrected chi connectivity index (χ2v) is 22.8. The molecule has 6 aromatic rings. The van der Waals surface area contributed by atoms with Gasteiger partial charge in [0.1, 0.15) is 0 Å². The maximum atomic E-state index is 9.50. The van der Waals surface area contributed by atoms with Gasteiger partial charge >= 0.3 is 7.83 Å². The van der Waals surface area contributed by atoms with E-state index in [4.69, 9.17) is 62.3 Å². The van der Waals surface area contributed by atoms with Gasteiger partial charge in [0.2, 0.25) is 0 Å². The minimum absolute atomic E-state index is 0.108. The third-order valence-corrected chi connectivity index (χ3v) is 18.2. The Labute approximate surface area is 544 Å². The van der Waals surface area contributed by atoms with Crippen molar-refractivity contribution in [3.8, 4) is 0 Å². The van der Waals surface area contributed by atoms with E-state index in [0.29, 0.717) is 95.2 Å². The van der Waals surface area contributed by atoms with Crippen LogP contribution in [0.25, 0.3) is 0 Å². The minimum Gasteiger partial charge on any atom is -0.392 e. The molecule has 16 N–H and O–H groups in total. The number of hydrogen-bond acceptors (Lipinski definition) is 16. The van der Waals surface area contributed by atoms with Gasteiger partial charge in [-0.05, 0) is 183 Å². The van der Waals surface area contributed by atoms with Crippen molar-refractivity contribution in [2.24, 2.45) is 22.9 Å². The van der Waals surface area contributed by atoms with Crippen LogP contribution in [-0.2, 0) is 172 Å². The fourth-order valence-corrected chi connectivity index (χ4v) is 12.9. The van der Waals surface area contributed by atoms with E-state index in [2.05, 4.69) is 128 Å². The Kier molecular flexibility index (Phi) is 34.7. The lowest BCUT2D eigenvalue weighted by molar-refractivity contribution is 0.129. The quantitative estimate of drug-likeness (QED) is 0.0317. The molecule has 0 atom stereocenters. The van der Waals surface area contributed by atoms with E-state index < -0.39 is 7.83 Å². The molecular formula is C64H84BBr4F2N4O12. The van der Waals surface area contributed by atoms with Crippen LogP contribution in [0.5, 0.6) is 0 Å². The van der Waals surface area contributed by atoms with Gasteiger partial charge in [-0.1, -0.05) is 112 Å². The fraction of sp³-hybridized carbons (Fsp3) is 0.438. The maximum absolute atomic E-state index is 9.50. The lowest BCUT2D eigenvalue weighted by atomic mass is 9.87. The van der Waals surface area contributed by atoms with Gasteiger partial charge in [0, 0.05) is 47.5 Å². The molecule has 87 heavy (non-hydrogen) atoms. The first-order chi connectivity index (χ1) is 42.0. The highest BCUT2D eigenvalue weighted by atomic mass is 79.9. The summed E-state index contributed by atoms with van der Waals surface area (Å²) in [6.07, 6.45) is 0. The average molecular weight is 1470 g/mol. The van der Waals surface area contributed by atoms with Crippen molar-refractivity contribution in [1.82, 2.24) is 0 Å². The number of benzene rings is 6. The number of fused-ring (bicyclic) bond motifs is 4. The third-order valence-electron chi connectivity index (χ3n) is 15.8. The van der Waals surface area contributed by atoms with Crippen LogP contribution >= 0.6 is 63.7 Å². The van der Waals surface area contributed by atoms with Crippen molar-refractivity contribution in [2.75, 3.05) is 0 Å². The summed E-state index contributed by atoms with van der Waals surface area (Å²) in [6, 6.07) is 16.6. The van der Waals surface area contributed by atoms with Gasteiger partial charge in [0.25, 0.3) is 0 Å². The Hall–Kier alpha value is -3.48. The molecule has 0 bridgehead atoms. The lowest BCUT2D eigenvalue weighted by Crippen LogP contribution is -2.18. The number of halogens is 6. The number of nitrogens with two attached hydrogens (primary N) is 4. The van der Waals surface area contributed by atoms with E-state index in [9.17, 15) is 29.1 Å². The zero-order chi connectivity index (χ0) is 64.3. The fourth-order valence-electron chi connectivity index (χ4n) is 10.8. The summed E-state index contributed by atoms with van der Waals surface area (Å²) in [5.74, 6) is 0. The molecule has 6 aromatic carbocycles. The Morgan fingerprint density at radius 2 is 0.529 bits per heavy atom. The number of aliphatic hydroxyl groups excluding tert-OH is 8. The number of hydrogen-bond donors (Lipinski definition) is 12. The highest BCUT2D eigenvalue weighted by molar-refractivity contribution is 9.09. The van der Waals surface area contributed by atoms with Gasteiger partial charge in [-0.2, -0.15) is 0 Å². The van der Waals surface area contributed by atoms with Crippen LogP contribution < -0.4 is 22.9 Å². The second kappa shape index (κ2) is 39.7. The zero-order valence-electron chi connectivity index (χ0n) is 50.0. The van der Waals surface area contributed by atoms with Crippen molar-refractivity contribution in [3.63, 3.8) is 0 Å². The summed E-state index contributed by atoms with van der Waals surface area (Å²) in [5, 5.41) is 77.2. The summed E-state index contributed by atoms with van der Waals surface area (Å²) in [6.45, 7) is 13.8. The van der Waals surface area contributed by atoms with Crippen LogP contribution in [0.1, 0.15) is 156 Å². The van der Waals surface area contributed by atoms with E-state index in [0.717, 1.165) is 47.7 Å². The summed E-state index contributed by atoms with van der Waals surface area (Å²) in [7, 11) is -1.00. The molecule has 0 unspecified atom stereocenters. The SMILES string of the molecule is BrCc1cc(CBr)c(CBr)cc1CBr.Cc1cc(C)c(C)cc1C.F[B]F.NCc1c(CO)c(CO)c(CN)c(CO)c1CO.NCc1c2c(c(CN)c3c1COC3)COC2.OCc1cc(CO)c(CO)cc1CO.c1c2c(cc3c1COC3)COC2. The van der Waals surface area contributed by atoms with Crippen LogP contribution in [0.3, 0.4) is 0 Å². The largest absolute Gasteiger partial charge is 0.577 e. The van der Waals surface area contributed by atoms with Crippen molar-refractivity contribution >= 4 is 71.6 Å². The van der Waals surface area contributed by atoms with Gasteiger partial charge in [-0.25, -0.2) is 0 Å². The first-order valence-electron chi connectivity index (χ1n) is 28.1. The predicted octanol–water partition coefficient (Wildman–Crippen LogP) is 9.29. The molecular weight excluding hydrogens is 1390 g/mol. The molecule has 0 aliphatic carbocycles. The number of alkyl halides is 4. The Morgan fingerprint density at radius 3 is 0.713 bits per heavy atom. The third kappa shape index (κ3) is 19.8. The second-order valence-electron chi connectivity index (χ2n) is 20.6. The summed E-state index contributed by atoms with van der Waals surface area (Å²) < 4.78 is 40.8. The number of rotatable bonds is 16. The zero-order valence-corrected chi connectivity index (χ0v) is 56.3. The highest BCUT2D eigenvalue weighted by Crippen LogP contribution is 2.37. The van der Waals surface area contributed by atoms with Crippen LogP contribution in [-0.4, -0.2) is 48.7 Å². The molecule has 0 spiro atoms. The minimum atomic E-state index is -1.00. The Morgan fingerprint density at radius 1 is 0.322 bits per heavy atom. The standard InChI is InChI=1S/C12H20N2O4.C12H16N2O2.C10H10Br4.C10H14O4.C10H10O2.C10H14.BF2/c13-1-7-9(3-15)11(5-17)8(2-14)12(6-18)10(7)4-16;13-1-7-9-3-15-5-11(9)8(2-14)12-6-16-4-10(7)12;2*11-3-7-1-8(4-12)10(6-14)2-9(7)5-13;1-7-3-11-5-9(7)2-10-6-12-4-8(1)10;1-7-5-9(3)10(4)6-8(7)2;2-1-3/h15-18H,1-6,13-14H2;1-6,13-14H2;1-2H,3-6H2;1-2,11-14H,3-6H2;1-2H,3-6H2;5-6H,1-4H3;. The van der Waals surface area contributed by atoms with Gasteiger partial charge in [0.15, 0.2) is 0 Å². The average Bonchev–Trinajstić information content (AvgIpc) is 2.37. The molecule has 0 saturated carbocycles. The van der Waals surface area contributed by atoms with E-state index >= 15 is 0 Å². The number of aryl methyl sites for hydroxylation is 4. The predicted molar refractivity (Wildman–Crippen MR) is 349 cm³/mol. The smallest absolute Gasteiger partial charge is 0.392 e. The summed E-state index contributed by atoms with van der Waals surface area (Å²) in [4.78, 5) is 0. The molecule has 0 fully saturated rings. The Balaban J connectivity index is 0.000000223. The van der Waals surface area contributed by atoms with Crippen molar-refractivity contribution in [2.45, 2.75) is 181 Å². The van der Waals surface area contributed by atoms with Gasteiger partial charge in [-0.15, -0.1) is 0 Å². The van der Waals surface area contributed by atoms with E-state index in [1.54, 1.807) is 12.1 Å². The molecule has 0 amide bonds. The van der Waals surface area contributed by atoms with E-state index in [1.165, 1.54) is 100 Å². The topological polar surface area (TPSA) is 303 Å². The molecule has 10 rings (SSSR count). The summed E-state index contributed by atoms with van der Waals surface area (Å²) >= 11 is 14.0. The number of ether oxygens (including phenoxy) is 4. The molecule has 0 aromatic heterocycles. The molecule has 4 aliphatic heterocycles. The first kappa shape index (κ1) is 76.0. The molecule has 477 valence electrons. The molecule has 4 aliphatic rings. The molecule has 0 saturated heterocycles. The maximum Gasteiger partial charge on any atom is 0.577 e. The van der Waals surface area contributed by atoms with E-state index in [1.807, 2.05) is 0 Å². The molecule has 4 heterocycles. The first-order valence-corrected chi connectivity index (χ1v) is 32.6. The molecule has 1 radical (unpaired) electrons. The highest BCUT2D eigenvalue weighted by Gasteiger charge is 2.28. The van der Waals surface area contributed by atoms with Gasteiger partial charge in [0.05, 0.1) is 106 Å². The van der Waals surface area contributed by atoms with E-state index in [-0.39, 0.29) is 65.9 Å². The molecule has 23 heteroatoms. The van der Waals surface area contributed by atoms with Crippen molar-refractivity contribution in [3.05, 3.63) is 204 Å². The lowest BCUT2D eigenvalue weighted by Gasteiger charge is -2.22. The molecule has 16 nitrogen and oxygen atoms in total. The normalized spacial score (nSPS) is 12.9. The number of aliphatic hydroxyl groups is 8. The van der Waals surface area contributed by atoms with Crippen molar-refractivity contribution in [1.29, 1.82) is 0 Å².